The van der Waals surface area contributed by atoms with Crippen molar-refractivity contribution in [1.82, 2.24) is 14.5 Å². The smallest absolute Gasteiger partial charge is 0.383 e. The molecule has 2 amide bonds. The molecule has 13 heteroatoms. The maximum atomic E-state index is 13.1. The van der Waals surface area contributed by atoms with E-state index in [1.807, 2.05) is 0 Å². The number of rotatable bonds is 8. The summed E-state index contributed by atoms with van der Waals surface area (Å²) in [6, 6.07) is 0. The average Bonchev–Trinajstić information content (AvgIpc) is 2.99. The SMILES string of the molecule is CCCn1c(N)c(N(CCOC)C(=O)C2CC(=O)N(CC(F)(F)F)C2)c(=O)[nH]c1=O. The Morgan fingerprint density at radius 1 is 1.33 bits per heavy atom. The lowest BCUT2D eigenvalue weighted by Crippen LogP contribution is -2.45. The number of alkyl halides is 3. The molecule has 1 aromatic heterocycles. The number of likely N-dealkylation sites (tertiary alicyclic amines) is 1. The molecule has 1 aliphatic rings. The number of halogens is 3. The van der Waals surface area contributed by atoms with Gasteiger partial charge in [-0.2, -0.15) is 13.2 Å². The molecule has 1 fully saturated rings. The van der Waals surface area contributed by atoms with E-state index < -0.39 is 54.7 Å². The molecule has 3 N–H and O–H groups in total. The zero-order valence-electron chi connectivity index (χ0n) is 16.6. The first-order valence-electron chi connectivity index (χ1n) is 9.27. The first-order valence-corrected chi connectivity index (χ1v) is 9.27. The number of amides is 2. The number of nitrogen functional groups attached to an aromatic ring is 1. The van der Waals surface area contributed by atoms with Gasteiger partial charge >= 0.3 is 11.9 Å². The fraction of sp³-hybridized carbons (Fsp3) is 0.647. The molecule has 30 heavy (non-hydrogen) atoms. The third-order valence-electron chi connectivity index (χ3n) is 4.65. The number of carbonyl (C=O) groups excluding carboxylic acids is 2. The van der Waals surface area contributed by atoms with Gasteiger partial charge in [0.15, 0.2) is 5.69 Å². The lowest BCUT2D eigenvalue weighted by molar-refractivity contribution is -0.157. The second-order valence-corrected chi connectivity index (χ2v) is 6.92. The topological polar surface area (TPSA) is 131 Å². The summed E-state index contributed by atoms with van der Waals surface area (Å²) in [6.07, 6.45) is -4.50. The number of aromatic nitrogens is 2. The number of nitrogens with two attached hydrogens (primary N) is 1. The lowest BCUT2D eigenvalue weighted by Gasteiger charge is -2.26. The Morgan fingerprint density at radius 2 is 2.00 bits per heavy atom. The maximum absolute atomic E-state index is 13.1. The van der Waals surface area contributed by atoms with Gasteiger partial charge in [0.2, 0.25) is 11.8 Å². The van der Waals surface area contributed by atoms with E-state index in [1.165, 1.54) is 7.11 Å². The van der Waals surface area contributed by atoms with Gasteiger partial charge in [0.25, 0.3) is 5.56 Å². The first-order chi connectivity index (χ1) is 14.0. The van der Waals surface area contributed by atoms with Gasteiger partial charge in [-0.15, -0.1) is 0 Å². The standard InChI is InChI=1S/C17H24F3N5O5/c1-3-4-25-13(21)12(14(27)22-16(25)29)24(5-6-30-2)15(28)10-7-11(26)23(8-10)9-17(18,19)20/h10H,3-9,21H2,1-2H3,(H,22,27,29). The Labute approximate surface area is 169 Å². The molecule has 0 spiro atoms. The van der Waals surface area contributed by atoms with Gasteiger partial charge < -0.3 is 20.3 Å². The van der Waals surface area contributed by atoms with Crippen molar-refractivity contribution in [2.75, 3.05) is 44.0 Å². The molecule has 0 aliphatic carbocycles. The number of hydrogen-bond donors (Lipinski definition) is 2. The number of methoxy groups -OCH3 is 1. The maximum Gasteiger partial charge on any atom is 0.406 e. The van der Waals surface area contributed by atoms with Gasteiger partial charge in [-0.05, 0) is 6.42 Å². The quantitative estimate of drug-likeness (QED) is 0.587. The molecule has 1 saturated heterocycles. The number of carbonyl (C=O) groups is 2. The van der Waals surface area contributed by atoms with E-state index in [-0.39, 0.29) is 31.2 Å². The van der Waals surface area contributed by atoms with Gasteiger partial charge in [0.1, 0.15) is 12.4 Å². The Hall–Kier alpha value is -2.83. The molecule has 1 aromatic rings. The number of H-pyrrole nitrogens is 1. The van der Waals surface area contributed by atoms with Crippen molar-refractivity contribution in [3.63, 3.8) is 0 Å². The summed E-state index contributed by atoms with van der Waals surface area (Å²) in [5, 5.41) is 0. The number of nitrogens with zero attached hydrogens (tertiary/aromatic N) is 3. The van der Waals surface area contributed by atoms with Crippen LogP contribution in [-0.4, -0.2) is 65.8 Å². The minimum Gasteiger partial charge on any atom is -0.383 e. The molecule has 168 valence electrons. The van der Waals surface area contributed by atoms with Crippen molar-refractivity contribution >= 4 is 23.3 Å². The molecule has 2 rings (SSSR count). The van der Waals surface area contributed by atoms with Crippen molar-refractivity contribution < 1.29 is 27.5 Å². The van der Waals surface area contributed by atoms with E-state index in [0.29, 0.717) is 11.3 Å². The predicted octanol–water partition coefficient (Wildman–Crippen LogP) is -0.0810. The predicted molar refractivity (Wildman–Crippen MR) is 101 cm³/mol. The molecule has 0 saturated carbocycles. The number of hydrogen-bond acceptors (Lipinski definition) is 6. The number of ether oxygens (including phenoxy) is 1. The van der Waals surface area contributed by atoms with Crippen LogP contribution in [-0.2, 0) is 20.9 Å². The van der Waals surface area contributed by atoms with Crippen molar-refractivity contribution in [2.24, 2.45) is 5.92 Å². The van der Waals surface area contributed by atoms with E-state index >= 15 is 0 Å². The summed E-state index contributed by atoms with van der Waals surface area (Å²) in [6.45, 7) is -0.0852. The molecule has 0 radical (unpaired) electrons. The Morgan fingerprint density at radius 3 is 2.57 bits per heavy atom. The van der Waals surface area contributed by atoms with Crippen LogP contribution in [0.1, 0.15) is 19.8 Å². The molecular formula is C17H24F3N5O5. The Kier molecular flexibility index (Phi) is 7.29. The first kappa shape index (κ1) is 23.4. The van der Waals surface area contributed by atoms with Crippen LogP contribution in [0.25, 0.3) is 0 Å². The van der Waals surface area contributed by atoms with Gasteiger partial charge in [-0.1, -0.05) is 6.92 Å². The largest absolute Gasteiger partial charge is 0.406 e. The highest BCUT2D eigenvalue weighted by Crippen LogP contribution is 2.27. The summed E-state index contributed by atoms with van der Waals surface area (Å²) in [5.41, 5.74) is 4.05. The highest BCUT2D eigenvalue weighted by atomic mass is 19.4. The van der Waals surface area contributed by atoms with Crippen LogP contribution < -0.4 is 21.9 Å². The van der Waals surface area contributed by atoms with Crippen LogP contribution in [0.2, 0.25) is 0 Å². The normalized spacial score (nSPS) is 16.9. The van der Waals surface area contributed by atoms with Crippen LogP contribution in [0, 0.1) is 5.92 Å². The van der Waals surface area contributed by atoms with E-state index in [9.17, 15) is 32.3 Å². The van der Waals surface area contributed by atoms with Crippen molar-refractivity contribution in [2.45, 2.75) is 32.5 Å². The third-order valence-corrected chi connectivity index (χ3v) is 4.65. The second-order valence-electron chi connectivity index (χ2n) is 6.92. The molecule has 1 aliphatic heterocycles. The highest BCUT2D eigenvalue weighted by Gasteiger charge is 2.42. The monoisotopic (exact) mass is 435 g/mol. The molecule has 1 unspecified atom stereocenters. The van der Waals surface area contributed by atoms with Crippen molar-refractivity contribution in [3.8, 4) is 0 Å². The van der Waals surface area contributed by atoms with Crippen LogP contribution in [0.15, 0.2) is 9.59 Å². The van der Waals surface area contributed by atoms with Gasteiger partial charge in [0.05, 0.1) is 12.5 Å². The van der Waals surface area contributed by atoms with Crippen LogP contribution in [0.5, 0.6) is 0 Å². The van der Waals surface area contributed by atoms with Crippen LogP contribution in [0.3, 0.4) is 0 Å². The Bertz CT molecular complexity index is 911. The Balaban J connectivity index is 2.41. The zero-order valence-corrected chi connectivity index (χ0v) is 16.6. The average molecular weight is 435 g/mol. The number of anilines is 2. The minimum absolute atomic E-state index is 0.00947. The van der Waals surface area contributed by atoms with Crippen molar-refractivity contribution in [1.29, 1.82) is 0 Å². The molecule has 10 nitrogen and oxygen atoms in total. The van der Waals surface area contributed by atoms with E-state index in [1.54, 1.807) is 6.92 Å². The lowest BCUT2D eigenvalue weighted by atomic mass is 10.1. The zero-order chi connectivity index (χ0) is 22.6. The van der Waals surface area contributed by atoms with E-state index in [0.717, 1.165) is 9.47 Å². The molecule has 0 aromatic carbocycles. The third kappa shape index (κ3) is 5.20. The van der Waals surface area contributed by atoms with E-state index in [2.05, 4.69) is 4.98 Å². The second kappa shape index (κ2) is 9.32. The number of nitrogens with one attached hydrogen (secondary N) is 1. The summed E-state index contributed by atoms with van der Waals surface area (Å²) in [5.74, 6) is -2.90. The van der Waals surface area contributed by atoms with Crippen LogP contribution in [0.4, 0.5) is 24.7 Å². The molecule has 1 atom stereocenters. The van der Waals surface area contributed by atoms with Gasteiger partial charge in [-0.25, -0.2) is 4.79 Å². The molecular weight excluding hydrogens is 411 g/mol. The summed E-state index contributed by atoms with van der Waals surface area (Å²) in [7, 11) is 1.36. The highest BCUT2D eigenvalue weighted by molar-refractivity contribution is 6.00. The van der Waals surface area contributed by atoms with Crippen molar-refractivity contribution in [3.05, 3.63) is 20.8 Å². The van der Waals surface area contributed by atoms with Gasteiger partial charge in [0, 0.05) is 33.2 Å². The number of aromatic amines is 1. The summed E-state index contributed by atoms with van der Waals surface area (Å²) < 4.78 is 44.0. The summed E-state index contributed by atoms with van der Waals surface area (Å²) >= 11 is 0. The van der Waals surface area contributed by atoms with Gasteiger partial charge in [-0.3, -0.25) is 23.9 Å². The van der Waals surface area contributed by atoms with E-state index in [4.69, 9.17) is 10.5 Å². The summed E-state index contributed by atoms with van der Waals surface area (Å²) in [4.78, 5) is 53.1. The fourth-order valence-corrected chi connectivity index (χ4v) is 3.33. The molecule has 2 heterocycles. The minimum atomic E-state index is -4.60. The molecule has 0 bridgehead atoms. The fourth-order valence-electron chi connectivity index (χ4n) is 3.33. The van der Waals surface area contributed by atoms with Crippen LogP contribution >= 0.6 is 0 Å².